The number of carbonyl (C=O) groups excluding carboxylic acids is 1. The lowest BCUT2D eigenvalue weighted by atomic mass is 9.95. The van der Waals surface area contributed by atoms with Crippen LogP contribution in [-0.4, -0.2) is 66.1 Å². The highest BCUT2D eigenvalue weighted by Gasteiger charge is 2.30. The van der Waals surface area contributed by atoms with E-state index >= 15 is 0 Å². The van der Waals surface area contributed by atoms with Gasteiger partial charge in [-0.2, -0.15) is 0 Å². The Morgan fingerprint density at radius 2 is 2.19 bits per heavy atom. The largest absolute Gasteiger partial charge is 0.497 e. The molecule has 1 amide bonds. The third-order valence-corrected chi connectivity index (χ3v) is 6.58. The molecule has 1 aromatic heterocycles. The molecular formula is C24H28N4O4. The average Bonchev–Trinajstić information content (AvgIpc) is 2.83. The zero-order valence-corrected chi connectivity index (χ0v) is 18.5. The number of likely N-dealkylation sites (N-methyl/N-ethyl adjacent to an activating group) is 1. The van der Waals surface area contributed by atoms with Crippen LogP contribution in [0.3, 0.4) is 0 Å². The summed E-state index contributed by atoms with van der Waals surface area (Å²) < 4.78 is 11.1. The standard InChI is InChI=1S/C24H28N4O4/c1-27-9-7-20-19(13-27)23(29)26-22(25-20)15-4-3-8-28(12-15)24(30)17-10-16-11-18(31-2)5-6-21(16)32-14-17/h5-6,10-11,15H,3-4,7-9,12-14H2,1-2H3,(H,25,26,29)/t15-/m1/s1. The monoisotopic (exact) mass is 436 g/mol. The topological polar surface area (TPSA) is 87.8 Å². The number of hydrogen-bond donors (Lipinski definition) is 1. The molecule has 1 fully saturated rings. The Balaban J connectivity index is 1.35. The molecule has 0 unspecified atom stereocenters. The molecule has 4 heterocycles. The maximum absolute atomic E-state index is 13.3. The summed E-state index contributed by atoms with van der Waals surface area (Å²) in [5.41, 5.74) is 3.09. The molecule has 1 saturated heterocycles. The van der Waals surface area contributed by atoms with Crippen molar-refractivity contribution in [1.82, 2.24) is 19.8 Å². The number of aromatic nitrogens is 2. The van der Waals surface area contributed by atoms with E-state index in [1.165, 1.54) is 0 Å². The highest BCUT2D eigenvalue weighted by molar-refractivity contribution is 5.99. The molecule has 2 aromatic rings. The smallest absolute Gasteiger partial charge is 0.255 e. The summed E-state index contributed by atoms with van der Waals surface area (Å²) in [6.07, 6.45) is 4.45. The van der Waals surface area contributed by atoms with Crippen LogP contribution in [0.1, 0.15) is 41.4 Å². The molecule has 5 rings (SSSR count). The van der Waals surface area contributed by atoms with E-state index in [-0.39, 0.29) is 24.0 Å². The number of nitrogens with one attached hydrogen (secondary N) is 1. The summed E-state index contributed by atoms with van der Waals surface area (Å²) in [5.74, 6) is 2.19. The Kier molecular flexibility index (Phi) is 5.46. The number of ether oxygens (including phenoxy) is 2. The number of aromatic amines is 1. The third kappa shape index (κ3) is 3.90. The predicted octanol–water partition coefficient (Wildman–Crippen LogP) is 1.95. The van der Waals surface area contributed by atoms with Crippen LogP contribution in [-0.2, 0) is 17.8 Å². The molecule has 32 heavy (non-hydrogen) atoms. The van der Waals surface area contributed by atoms with E-state index in [1.807, 2.05) is 36.2 Å². The van der Waals surface area contributed by atoms with Crippen molar-refractivity contribution in [2.24, 2.45) is 0 Å². The first-order valence-electron chi connectivity index (χ1n) is 11.1. The van der Waals surface area contributed by atoms with Crippen molar-refractivity contribution < 1.29 is 14.3 Å². The summed E-state index contributed by atoms with van der Waals surface area (Å²) in [7, 11) is 3.63. The predicted molar refractivity (Wildman–Crippen MR) is 120 cm³/mol. The summed E-state index contributed by atoms with van der Waals surface area (Å²) >= 11 is 0. The number of methoxy groups -OCH3 is 1. The summed E-state index contributed by atoms with van der Waals surface area (Å²) in [6, 6.07) is 5.58. The number of likely N-dealkylation sites (tertiary alicyclic amines) is 1. The fourth-order valence-corrected chi connectivity index (χ4v) is 4.77. The minimum atomic E-state index is -0.0473. The van der Waals surface area contributed by atoms with Gasteiger partial charge in [0, 0.05) is 44.1 Å². The van der Waals surface area contributed by atoms with Crippen LogP contribution in [0.5, 0.6) is 11.5 Å². The molecule has 168 valence electrons. The van der Waals surface area contributed by atoms with Gasteiger partial charge in [0.25, 0.3) is 11.5 Å². The zero-order valence-electron chi connectivity index (χ0n) is 18.5. The lowest BCUT2D eigenvalue weighted by Crippen LogP contribution is -2.42. The molecular weight excluding hydrogens is 408 g/mol. The van der Waals surface area contributed by atoms with Crippen LogP contribution in [0.25, 0.3) is 6.08 Å². The number of rotatable bonds is 3. The number of H-pyrrole nitrogens is 1. The molecule has 0 spiro atoms. The van der Waals surface area contributed by atoms with Gasteiger partial charge in [0.1, 0.15) is 23.9 Å². The average molecular weight is 437 g/mol. The van der Waals surface area contributed by atoms with Gasteiger partial charge in [-0.05, 0) is 44.2 Å². The van der Waals surface area contributed by atoms with Gasteiger partial charge in [0.05, 0.1) is 23.9 Å². The van der Waals surface area contributed by atoms with Crippen molar-refractivity contribution in [2.75, 3.05) is 40.4 Å². The van der Waals surface area contributed by atoms with E-state index < -0.39 is 0 Å². The minimum absolute atomic E-state index is 0.0231. The molecule has 0 aliphatic carbocycles. The molecule has 0 saturated carbocycles. The number of nitrogens with zero attached hydrogens (tertiary/aromatic N) is 3. The minimum Gasteiger partial charge on any atom is -0.497 e. The van der Waals surface area contributed by atoms with E-state index in [9.17, 15) is 9.59 Å². The fraction of sp³-hybridized carbons (Fsp3) is 0.458. The van der Waals surface area contributed by atoms with E-state index in [0.29, 0.717) is 31.0 Å². The van der Waals surface area contributed by atoms with E-state index in [2.05, 4.69) is 9.88 Å². The lowest BCUT2D eigenvalue weighted by Gasteiger charge is -2.34. The van der Waals surface area contributed by atoms with Gasteiger partial charge in [-0.1, -0.05) is 0 Å². The molecule has 1 N–H and O–H groups in total. The number of carbonyl (C=O) groups is 1. The van der Waals surface area contributed by atoms with Gasteiger partial charge in [-0.25, -0.2) is 4.98 Å². The fourth-order valence-electron chi connectivity index (χ4n) is 4.77. The third-order valence-electron chi connectivity index (χ3n) is 6.58. The first-order valence-corrected chi connectivity index (χ1v) is 11.1. The van der Waals surface area contributed by atoms with Crippen LogP contribution in [0.15, 0.2) is 28.6 Å². The van der Waals surface area contributed by atoms with Crippen LogP contribution >= 0.6 is 0 Å². The van der Waals surface area contributed by atoms with Crippen molar-refractivity contribution in [2.45, 2.75) is 31.7 Å². The second kappa shape index (κ2) is 8.43. The SMILES string of the molecule is COc1ccc2c(c1)C=C(C(=O)N1CCC[C@@H](c3nc4c(c(=O)[nH]3)CN(C)CC4)C1)CO2. The van der Waals surface area contributed by atoms with Crippen molar-refractivity contribution in [3.63, 3.8) is 0 Å². The number of benzene rings is 1. The van der Waals surface area contributed by atoms with Crippen molar-refractivity contribution in [1.29, 1.82) is 0 Å². The first kappa shape index (κ1) is 20.8. The molecule has 3 aliphatic rings. The van der Waals surface area contributed by atoms with Crippen LogP contribution in [0, 0.1) is 0 Å². The van der Waals surface area contributed by atoms with Gasteiger partial charge in [-0.3, -0.25) is 9.59 Å². The second-order valence-electron chi connectivity index (χ2n) is 8.82. The molecule has 1 aromatic carbocycles. The Bertz CT molecular complexity index is 1140. The van der Waals surface area contributed by atoms with Crippen LogP contribution in [0.4, 0.5) is 0 Å². The maximum Gasteiger partial charge on any atom is 0.255 e. The molecule has 0 bridgehead atoms. The van der Waals surface area contributed by atoms with E-state index in [4.69, 9.17) is 14.5 Å². The zero-order chi connectivity index (χ0) is 22.2. The normalized spacial score (nSPS) is 20.6. The summed E-state index contributed by atoms with van der Waals surface area (Å²) in [5, 5.41) is 0. The van der Waals surface area contributed by atoms with Crippen molar-refractivity contribution in [3.05, 3.63) is 56.8 Å². The summed E-state index contributed by atoms with van der Waals surface area (Å²) in [6.45, 7) is 3.02. The Morgan fingerprint density at radius 1 is 1.31 bits per heavy atom. The van der Waals surface area contributed by atoms with Crippen LogP contribution in [0.2, 0.25) is 0 Å². The highest BCUT2D eigenvalue weighted by atomic mass is 16.5. The Labute approximate surface area is 186 Å². The number of fused-ring (bicyclic) bond motifs is 2. The van der Waals surface area contributed by atoms with Gasteiger partial charge in [-0.15, -0.1) is 0 Å². The molecule has 1 atom stereocenters. The molecule has 0 radical (unpaired) electrons. The lowest BCUT2D eigenvalue weighted by molar-refractivity contribution is -0.128. The van der Waals surface area contributed by atoms with Crippen molar-refractivity contribution in [3.8, 4) is 11.5 Å². The number of hydrogen-bond acceptors (Lipinski definition) is 6. The second-order valence-corrected chi connectivity index (χ2v) is 8.82. The maximum atomic E-state index is 13.3. The quantitative estimate of drug-likeness (QED) is 0.791. The van der Waals surface area contributed by atoms with Gasteiger partial charge in [0.15, 0.2) is 0 Å². The van der Waals surface area contributed by atoms with Crippen molar-refractivity contribution >= 4 is 12.0 Å². The molecule has 8 heteroatoms. The number of piperidine rings is 1. The molecule has 3 aliphatic heterocycles. The van der Waals surface area contributed by atoms with Gasteiger partial charge in [0.2, 0.25) is 0 Å². The van der Waals surface area contributed by atoms with Gasteiger partial charge < -0.3 is 24.3 Å². The van der Waals surface area contributed by atoms with E-state index in [1.54, 1.807) is 7.11 Å². The van der Waals surface area contributed by atoms with Crippen LogP contribution < -0.4 is 15.0 Å². The Hall–Kier alpha value is -3.13. The molecule has 8 nitrogen and oxygen atoms in total. The highest BCUT2D eigenvalue weighted by Crippen LogP contribution is 2.32. The van der Waals surface area contributed by atoms with E-state index in [0.717, 1.165) is 54.1 Å². The Morgan fingerprint density at radius 3 is 3.03 bits per heavy atom. The first-order chi connectivity index (χ1) is 15.5. The number of amides is 1. The summed E-state index contributed by atoms with van der Waals surface area (Å²) in [4.78, 5) is 37.8. The van der Waals surface area contributed by atoms with Gasteiger partial charge >= 0.3 is 0 Å².